The van der Waals surface area contributed by atoms with Gasteiger partial charge in [-0.1, -0.05) is 0 Å². The second-order valence-corrected chi connectivity index (χ2v) is 3.31. The van der Waals surface area contributed by atoms with Gasteiger partial charge in [-0.3, -0.25) is 4.79 Å². The Balaban J connectivity index is 0. The normalized spacial score (nSPS) is 11.8. The summed E-state index contributed by atoms with van der Waals surface area (Å²) in [4.78, 5) is 10.2. The predicted octanol–water partition coefficient (Wildman–Crippen LogP) is 0.0582. The highest BCUT2D eigenvalue weighted by molar-refractivity contribution is 8.93. The summed E-state index contributed by atoms with van der Waals surface area (Å²) >= 11 is 1.53. The summed E-state index contributed by atoms with van der Waals surface area (Å²) in [6, 6.07) is -0.738. The fraction of sp³-hybridized carbons (Fsp3) is 0.833. The second kappa shape index (κ2) is 9.31. The fourth-order valence-corrected chi connectivity index (χ4v) is 1.40. The molecular weight excluding hydrogens is 244 g/mol. The number of hydrogen-bond acceptors (Lipinski definition) is 4. The van der Waals surface area contributed by atoms with Crippen molar-refractivity contribution in [2.45, 2.75) is 12.5 Å². The first-order chi connectivity index (χ1) is 5.18. The van der Waals surface area contributed by atoms with Crippen LogP contribution in [0.1, 0.15) is 6.42 Å². The van der Waals surface area contributed by atoms with Gasteiger partial charge in [0.15, 0.2) is 0 Å². The molecule has 0 fully saturated rings. The molecule has 5 N–H and O–H groups in total. The summed E-state index contributed by atoms with van der Waals surface area (Å²) in [5.74, 6) is 0.414. The Labute approximate surface area is 86.8 Å². The second-order valence-electron chi connectivity index (χ2n) is 2.16. The number of halogens is 1. The summed E-state index contributed by atoms with van der Waals surface area (Å²) < 4.78 is 0. The van der Waals surface area contributed by atoms with Crippen LogP contribution >= 0.6 is 28.7 Å². The minimum Gasteiger partial charge on any atom is -0.480 e. The number of carboxylic acid groups (broad SMARTS) is 1. The molecule has 0 saturated carbocycles. The van der Waals surface area contributed by atoms with Gasteiger partial charge in [0.2, 0.25) is 0 Å². The van der Waals surface area contributed by atoms with Crippen LogP contribution in [0.15, 0.2) is 0 Å². The zero-order chi connectivity index (χ0) is 8.69. The van der Waals surface area contributed by atoms with E-state index in [4.69, 9.17) is 16.6 Å². The molecule has 12 heavy (non-hydrogen) atoms. The van der Waals surface area contributed by atoms with E-state index in [1.807, 2.05) is 0 Å². The lowest BCUT2D eigenvalue weighted by molar-refractivity contribution is -0.137. The molecule has 6 heteroatoms. The molecule has 0 saturated heterocycles. The van der Waals surface area contributed by atoms with Crippen molar-refractivity contribution in [3.63, 3.8) is 0 Å². The molecule has 0 spiro atoms. The molecular formula is C6H15BrN2O2S. The summed E-state index contributed by atoms with van der Waals surface area (Å²) in [5, 5.41) is 8.38. The fourth-order valence-electron chi connectivity index (χ4n) is 0.467. The number of hydrogen-bond donors (Lipinski definition) is 3. The third-order valence-electron chi connectivity index (χ3n) is 1.11. The van der Waals surface area contributed by atoms with E-state index in [1.54, 1.807) is 0 Å². The van der Waals surface area contributed by atoms with E-state index in [2.05, 4.69) is 0 Å². The molecule has 0 radical (unpaired) electrons. The highest BCUT2D eigenvalue weighted by Crippen LogP contribution is 2.02. The van der Waals surface area contributed by atoms with Gasteiger partial charge in [0.05, 0.1) is 0 Å². The molecule has 0 aliphatic heterocycles. The van der Waals surface area contributed by atoms with Gasteiger partial charge in [-0.2, -0.15) is 11.8 Å². The Kier molecular flexibility index (Phi) is 11.4. The van der Waals surface area contributed by atoms with Crippen molar-refractivity contribution in [1.82, 2.24) is 0 Å². The molecule has 74 valence electrons. The number of carbonyl (C=O) groups is 1. The average Bonchev–Trinajstić information content (AvgIpc) is 1.97. The van der Waals surface area contributed by atoms with Crippen LogP contribution in [0.2, 0.25) is 0 Å². The molecule has 4 nitrogen and oxygen atoms in total. The minimum atomic E-state index is -0.940. The monoisotopic (exact) mass is 258 g/mol. The zero-order valence-corrected chi connectivity index (χ0v) is 9.26. The van der Waals surface area contributed by atoms with Crippen LogP contribution in [0, 0.1) is 0 Å². The largest absolute Gasteiger partial charge is 0.480 e. The molecule has 0 rings (SSSR count). The van der Waals surface area contributed by atoms with Gasteiger partial charge in [-0.05, 0) is 18.7 Å². The predicted molar refractivity (Wildman–Crippen MR) is 56.9 cm³/mol. The lowest BCUT2D eigenvalue weighted by Crippen LogP contribution is -2.32. The van der Waals surface area contributed by atoms with Crippen molar-refractivity contribution in [2.24, 2.45) is 11.5 Å². The van der Waals surface area contributed by atoms with Crippen LogP contribution in [0.5, 0.6) is 0 Å². The molecule has 0 aromatic carbocycles. The minimum absolute atomic E-state index is 0. The maximum atomic E-state index is 10.2. The third kappa shape index (κ3) is 8.32. The lowest BCUT2D eigenvalue weighted by atomic mass is 10.4. The average molecular weight is 259 g/mol. The van der Waals surface area contributed by atoms with E-state index in [1.165, 1.54) is 11.8 Å². The number of thioether (sulfide) groups is 1. The first-order valence-corrected chi connectivity index (χ1v) is 4.60. The quantitative estimate of drug-likeness (QED) is 0.587. The number of aliphatic carboxylic acids is 1. The van der Waals surface area contributed by atoms with E-state index < -0.39 is 12.0 Å². The smallest absolute Gasteiger partial charge is 0.321 e. The van der Waals surface area contributed by atoms with Gasteiger partial charge in [0.1, 0.15) is 6.04 Å². The zero-order valence-electron chi connectivity index (χ0n) is 6.73. The molecule has 0 aromatic heterocycles. The van der Waals surface area contributed by atoms with Crippen molar-refractivity contribution >= 4 is 34.7 Å². The van der Waals surface area contributed by atoms with Crippen LogP contribution in [0.4, 0.5) is 0 Å². The summed E-state index contributed by atoms with van der Waals surface area (Å²) in [7, 11) is 0. The van der Waals surface area contributed by atoms with Gasteiger partial charge < -0.3 is 16.6 Å². The molecule has 0 aromatic rings. The topological polar surface area (TPSA) is 89.3 Å². The molecule has 0 aliphatic carbocycles. The summed E-state index contributed by atoms with van der Waals surface area (Å²) in [6.45, 7) is 0.648. The van der Waals surface area contributed by atoms with Crippen molar-refractivity contribution in [1.29, 1.82) is 0 Å². The van der Waals surface area contributed by atoms with Crippen molar-refractivity contribution in [3.8, 4) is 0 Å². The van der Waals surface area contributed by atoms with Gasteiger partial charge in [-0.25, -0.2) is 0 Å². The Morgan fingerprint density at radius 1 is 1.58 bits per heavy atom. The van der Waals surface area contributed by atoms with E-state index in [0.717, 1.165) is 12.2 Å². The summed E-state index contributed by atoms with van der Waals surface area (Å²) in [5.41, 5.74) is 10.5. The summed E-state index contributed by atoms with van der Waals surface area (Å²) in [6.07, 6.45) is 0.914. The Hall–Kier alpha value is 0.220. The van der Waals surface area contributed by atoms with E-state index in [-0.39, 0.29) is 17.0 Å². The SMILES string of the molecule is Br.NCCCSC[C@@H](N)C(=O)O. The molecule has 0 unspecified atom stereocenters. The Morgan fingerprint density at radius 2 is 2.17 bits per heavy atom. The third-order valence-corrected chi connectivity index (χ3v) is 2.28. The standard InChI is InChI=1S/C6H14N2O2S.BrH/c7-2-1-3-11-4-5(8)6(9)10;/h5H,1-4,7-8H2,(H,9,10);1H/t5-;/m1./s1. The maximum absolute atomic E-state index is 10.2. The molecule has 0 amide bonds. The van der Waals surface area contributed by atoms with Crippen molar-refractivity contribution in [3.05, 3.63) is 0 Å². The number of rotatable bonds is 6. The van der Waals surface area contributed by atoms with Gasteiger partial charge in [0.25, 0.3) is 0 Å². The Morgan fingerprint density at radius 3 is 2.58 bits per heavy atom. The van der Waals surface area contributed by atoms with Crippen molar-refractivity contribution < 1.29 is 9.90 Å². The highest BCUT2D eigenvalue weighted by Gasteiger charge is 2.09. The van der Waals surface area contributed by atoms with E-state index in [0.29, 0.717) is 12.3 Å². The maximum Gasteiger partial charge on any atom is 0.321 e. The van der Waals surface area contributed by atoms with Crippen molar-refractivity contribution in [2.75, 3.05) is 18.1 Å². The molecule has 0 bridgehead atoms. The molecule has 0 heterocycles. The number of carboxylic acids is 1. The van der Waals surface area contributed by atoms with Gasteiger partial charge in [-0.15, -0.1) is 17.0 Å². The molecule has 0 aliphatic rings. The van der Waals surface area contributed by atoms with Gasteiger partial charge in [0, 0.05) is 5.75 Å². The van der Waals surface area contributed by atoms with Crippen LogP contribution in [-0.4, -0.2) is 35.2 Å². The van der Waals surface area contributed by atoms with E-state index in [9.17, 15) is 4.79 Å². The highest BCUT2D eigenvalue weighted by atomic mass is 79.9. The van der Waals surface area contributed by atoms with Crippen LogP contribution in [0.3, 0.4) is 0 Å². The van der Waals surface area contributed by atoms with E-state index >= 15 is 0 Å². The van der Waals surface area contributed by atoms with Crippen LogP contribution < -0.4 is 11.5 Å². The number of nitrogens with two attached hydrogens (primary N) is 2. The Bertz CT molecular complexity index is 126. The first kappa shape index (κ1) is 14.7. The molecule has 1 atom stereocenters. The van der Waals surface area contributed by atoms with Crippen LogP contribution in [0.25, 0.3) is 0 Å². The van der Waals surface area contributed by atoms with Crippen LogP contribution in [-0.2, 0) is 4.79 Å². The lowest BCUT2D eigenvalue weighted by Gasteiger charge is -2.04. The first-order valence-electron chi connectivity index (χ1n) is 3.44. The van der Waals surface area contributed by atoms with Gasteiger partial charge >= 0.3 is 5.97 Å².